The molecule has 0 saturated carbocycles. The highest BCUT2D eigenvalue weighted by molar-refractivity contribution is 7.98. The van der Waals surface area contributed by atoms with Gasteiger partial charge in [-0.1, -0.05) is 0 Å². The number of thioether (sulfide) groups is 1. The zero-order chi connectivity index (χ0) is 12.0. The summed E-state index contributed by atoms with van der Waals surface area (Å²) < 4.78 is 12.6. The van der Waals surface area contributed by atoms with Crippen LogP contribution in [0.1, 0.15) is 6.42 Å². The second-order valence-electron chi connectivity index (χ2n) is 3.38. The van der Waals surface area contributed by atoms with Crippen LogP contribution >= 0.6 is 11.8 Å². The molecule has 0 spiro atoms. The van der Waals surface area contributed by atoms with E-state index >= 15 is 0 Å². The van der Waals surface area contributed by atoms with Gasteiger partial charge in [-0.3, -0.25) is 4.79 Å². The number of nitrogens with one attached hydrogen (secondary N) is 1. The number of benzene rings is 1. The molecule has 0 heterocycles. The molecular weight excluding hydrogens is 227 g/mol. The fourth-order valence-electron chi connectivity index (χ4n) is 1.14. The maximum Gasteiger partial charge on any atom is 0.241 e. The third kappa shape index (κ3) is 4.20. The zero-order valence-corrected chi connectivity index (χ0v) is 9.89. The second kappa shape index (κ2) is 6.50. The van der Waals surface area contributed by atoms with Crippen LogP contribution in [0.3, 0.4) is 0 Å². The first-order valence-electron chi connectivity index (χ1n) is 4.94. The van der Waals surface area contributed by atoms with Crippen molar-refractivity contribution in [1.29, 1.82) is 0 Å². The van der Waals surface area contributed by atoms with Crippen molar-refractivity contribution >= 4 is 23.4 Å². The molecule has 0 aromatic heterocycles. The van der Waals surface area contributed by atoms with Gasteiger partial charge in [-0.2, -0.15) is 11.8 Å². The second-order valence-corrected chi connectivity index (χ2v) is 4.37. The minimum atomic E-state index is -0.516. The number of nitrogens with two attached hydrogens (primary N) is 1. The highest BCUT2D eigenvalue weighted by atomic mass is 32.2. The summed E-state index contributed by atoms with van der Waals surface area (Å²) in [5.41, 5.74) is 6.24. The molecule has 3 N–H and O–H groups in total. The summed E-state index contributed by atoms with van der Waals surface area (Å²) in [6, 6.07) is 5.09. The van der Waals surface area contributed by atoms with Gasteiger partial charge in [0.25, 0.3) is 0 Å². The monoisotopic (exact) mass is 242 g/mol. The van der Waals surface area contributed by atoms with Crippen LogP contribution in [0.25, 0.3) is 0 Å². The van der Waals surface area contributed by atoms with Crippen molar-refractivity contribution in [1.82, 2.24) is 0 Å². The smallest absolute Gasteiger partial charge is 0.241 e. The van der Waals surface area contributed by atoms with E-state index < -0.39 is 6.04 Å². The Morgan fingerprint density at radius 1 is 1.50 bits per heavy atom. The van der Waals surface area contributed by atoms with Crippen molar-refractivity contribution < 1.29 is 9.18 Å². The van der Waals surface area contributed by atoms with Crippen LogP contribution in [-0.4, -0.2) is 24.0 Å². The van der Waals surface area contributed by atoms with Crippen molar-refractivity contribution in [3.05, 3.63) is 30.1 Å². The number of rotatable bonds is 5. The molecule has 1 atom stereocenters. The summed E-state index contributed by atoms with van der Waals surface area (Å²) in [4.78, 5) is 11.6. The highest BCUT2D eigenvalue weighted by Crippen LogP contribution is 2.09. The van der Waals surface area contributed by atoms with E-state index in [9.17, 15) is 9.18 Å². The van der Waals surface area contributed by atoms with Crippen LogP contribution in [0.4, 0.5) is 10.1 Å². The van der Waals surface area contributed by atoms with E-state index in [1.54, 1.807) is 11.8 Å². The van der Waals surface area contributed by atoms with E-state index in [2.05, 4.69) is 5.32 Å². The van der Waals surface area contributed by atoms with Crippen molar-refractivity contribution in [2.75, 3.05) is 17.3 Å². The topological polar surface area (TPSA) is 55.1 Å². The van der Waals surface area contributed by atoms with Crippen LogP contribution in [0.15, 0.2) is 24.3 Å². The number of hydrogen-bond donors (Lipinski definition) is 2. The van der Waals surface area contributed by atoms with E-state index in [-0.39, 0.29) is 11.7 Å². The number of carbonyl (C=O) groups excluding carboxylic acids is 1. The van der Waals surface area contributed by atoms with Gasteiger partial charge in [0.2, 0.25) is 5.91 Å². The van der Waals surface area contributed by atoms with E-state index in [0.29, 0.717) is 12.1 Å². The maximum atomic E-state index is 12.6. The van der Waals surface area contributed by atoms with Gasteiger partial charge in [0.05, 0.1) is 6.04 Å². The van der Waals surface area contributed by atoms with Crippen molar-refractivity contribution in [3.63, 3.8) is 0 Å². The van der Waals surface area contributed by atoms with Gasteiger partial charge < -0.3 is 11.1 Å². The fraction of sp³-hybridized carbons (Fsp3) is 0.364. The first-order valence-corrected chi connectivity index (χ1v) is 6.34. The zero-order valence-electron chi connectivity index (χ0n) is 9.07. The molecule has 5 heteroatoms. The molecule has 0 aliphatic heterocycles. The Hall–Kier alpha value is -1.07. The summed E-state index contributed by atoms with van der Waals surface area (Å²) in [5.74, 6) is 0.281. The van der Waals surface area contributed by atoms with E-state index in [1.165, 1.54) is 24.3 Å². The summed E-state index contributed by atoms with van der Waals surface area (Å²) in [5, 5.41) is 2.64. The van der Waals surface area contributed by atoms with Crippen LogP contribution < -0.4 is 11.1 Å². The van der Waals surface area contributed by atoms with Gasteiger partial charge in [0.1, 0.15) is 5.82 Å². The van der Waals surface area contributed by atoms with Gasteiger partial charge >= 0.3 is 0 Å². The quantitative estimate of drug-likeness (QED) is 0.828. The molecule has 0 radical (unpaired) electrons. The molecular formula is C11H15FN2OS. The lowest BCUT2D eigenvalue weighted by molar-refractivity contribution is -0.117. The molecule has 3 nitrogen and oxygen atoms in total. The molecule has 1 amide bonds. The van der Waals surface area contributed by atoms with Gasteiger partial charge in [0.15, 0.2) is 0 Å². The van der Waals surface area contributed by atoms with E-state index in [4.69, 9.17) is 5.73 Å². The van der Waals surface area contributed by atoms with Gasteiger partial charge in [-0.15, -0.1) is 0 Å². The Kier molecular flexibility index (Phi) is 5.28. The molecule has 16 heavy (non-hydrogen) atoms. The fourth-order valence-corrected chi connectivity index (χ4v) is 1.63. The molecule has 0 bridgehead atoms. The van der Waals surface area contributed by atoms with Crippen molar-refractivity contribution in [3.8, 4) is 0 Å². The van der Waals surface area contributed by atoms with E-state index in [0.717, 1.165) is 5.75 Å². The normalized spacial score (nSPS) is 12.2. The van der Waals surface area contributed by atoms with Gasteiger partial charge in [-0.25, -0.2) is 4.39 Å². The lowest BCUT2D eigenvalue weighted by Crippen LogP contribution is -2.36. The van der Waals surface area contributed by atoms with E-state index in [1.807, 2.05) is 6.26 Å². The number of halogens is 1. The largest absolute Gasteiger partial charge is 0.325 e. The average Bonchev–Trinajstić information content (AvgIpc) is 2.29. The Morgan fingerprint density at radius 3 is 2.69 bits per heavy atom. The van der Waals surface area contributed by atoms with Crippen molar-refractivity contribution in [2.45, 2.75) is 12.5 Å². The van der Waals surface area contributed by atoms with Crippen LogP contribution in [0, 0.1) is 5.82 Å². The summed E-state index contributed by atoms with van der Waals surface area (Å²) in [7, 11) is 0. The molecule has 1 rings (SSSR count). The molecule has 0 fully saturated rings. The summed E-state index contributed by atoms with van der Waals surface area (Å²) in [6.07, 6.45) is 2.60. The summed E-state index contributed by atoms with van der Waals surface area (Å²) in [6.45, 7) is 0. The SMILES string of the molecule is CSCC[C@@H](N)C(=O)Nc1ccc(F)cc1. The summed E-state index contributed by atoms with van der Waals surface area (Å²) >= 11 is 1.65. The van der Waals surface area contributed by atoms with Crippen LogP contribution in [0.5, 0.6) is 0 Å². The van der Waals surface area contributed by atoms with Crippen LogP contribution in [0.2, 0.25) is 0 Å². The molecule has 1 aromatic carbocycles. The van der Waals surface area contributed by atoms with Crippen LogP contribution in [-0.2, 0) is 4.79 Å². The number of hydrogen-bond acceptors (Lipinski definition) is 3. The Labute approximate surface area is 98.6 Å². The molecule has 88 valence electrons. The standard InChI is InChI=1S/C11H15FN2OS/c1-16-7-6-10(13)11(15)14-9-4-2-8(12)3-5-9/h2-5,10H,6-7,13H2,1H3,(H,14,15)/t10-/m1/s1. The molecule has 0 aliphatic carbocycles. The third-order valence-corrected chi connectivity index (χ3v) is 2.73. The van der Waals surface area contributed by atoms with Gasteiger partial charge in [-0.05, 0) is 42.7 Å². The third-order valence-electron chi connectivity index (χ3n) is 2.08. The molecule has 1 aromatic rings. The first kappa shape index (κ1) is 13.0. The Bertz CT molecular complexity index is 342. The molecule has 0 aliphatic rings. The minimum Gasteiger partial charge on any atom is -0.325 e. The number of anilines is 1. The van der Waals surface area contributed by atoms with Gasteiger partial charge in [0, 0.05) is 5.69 Å². The predicted molar refractivity (Wildman–Crippen MR) is 66.0 cm³/mol. The molecule has 0 unspecified atom stereocenters. The average molecular weight is 242 g/mol. The van der Waals surface area contributed by atoms with Crippen molar-refractivity contribution in [2.24, 2.45) is 5.73 Å². The minimum absolute atomic E-state index is 0.236. The maximum absolute atomic E-state index is 12.6. The lowest BCUT2D eigenvalue weighted by atomic mass is 10.2. The predicted octanol–water partition coefficient (Wildman–Crippen LogP) is 1.84. The first-order chi connectivity index (χ1) is 7.63. The Balaban J connectivity index is 2.47. The number of carbonyl (C=O) groups is 1. The highest BCUT2D eigenvalue weighted by Gasteiger charge is 2.12. The number of amides is 1. The Morgan fingerprint density at radius 2 is 2.12 bits per heavy atom. The molecule has 0 saturated heterocycles. The lowest BCUT2D eigenvalue weighted by Gasteiger charge is -2.11.